The minimum atomic E-state index is -0.947. The first-order valence-electron chi connectivity index (χ1n) is 8.65. The highest BCUT2D eigenvalue weighted by Gasteiger charge is 2.20. The lowest BCUT2D eigenvalue weighted by atomic mass is 10.2. The van der Waals surface area contributed by atoms with Gasteiger partial charge in [0.05, 0.1) is 13.2 Å². The number of rotatable bonds is 5. The van der Waals surface area contributed by atoms with Gasteiger partial charge in [0.15, 0.2) is 11.5 Å². The van der Waals surface area contributed by atoms with Crippen molar-refractivity contribution in [1.29, 1.82) is 0 Å². The van der Waals surface area contributed by atoms with E-state index in [1.54, 1.807) is 17.5 Å². The molecule has 1 saturated heterocycles. The minimum absolute atomic E-state index is 0.0982. The predicted molar refractivity (Wildman–Crippen MR) is 107 cm³/mol. The predicted octanol–water partition coefficient (Wildman–Crippen LogP) is 3.13. The maximum Gasteiger partial charge on any atom is 0.204 e. The van der Waals surface area contributed by atoms with Crippen molar-refractivity contribution in [2.75, 3.05) is 31.2 Å². The van der Waals surface area contributed by atoms with Crippen molar-refractivity contribution < 1.29 is 14.3 Å². The Kier molecular flexibility index (Phi) is 5.47. The Balaban J connectivity index is 1.58. The normalized spacial score (nSPS) is 16.0. The van der Waals surface area contributed by atoms with Crippen molar-refractivity contribution in [3.05, 3.63) is 62.1 Å². The molecule has 0 amide bonds. The molecule has 0 spiro atoms. The number of aliphatic hydroxyl groups is 1. The fourth-order valence-corrected chi connectivity index (χ4v) is 4.05. The molecule has 8 heteroatoms. The monoisotopic (exact) mass is 406 g/mol. The van der Waals surface area contributed by atoms with E-state index < -0.39 is 6.23 Å². The molecule has 27 heavy (non-hydrogen) atoms. The van der Waals surface area contributed by atoms with Crippen molar-refractivity contribution in [3.63, 3.8) is 0 Å². The van der Waals surface area contributed by atoms with E-state index in [9.17, 15) is 9.90 Å². The molecule has 0 radical (unpaired) electrons. The zero-order valence-electron chi connectivity index (χ0n) is 14.5. The molecule has 6 nitrogen and oxygen atoms in total. The van der Waals surface area contributed by atoms with Gasteiger partial charge in [-0.05, 0) is 17.7 Å². The summed E-state index contributed by atoms with van der Waals surface area (Å²) in [7, 11) is 0. The van der Waals surface area contributed by atoms with Gasteiger partial charge in [-0.15, -0.1) is 11.3 Å². The van der Waals surface area contributed by atoms with Gasteiger partial charge >= 0.3 is 0 Å². The van der Waals surface area contributed by atoms with Crippen molar-refractivity contribution >= 4 is 39.1 Å². The van der Waals surface area contributed by atoms with Crippen LogP contribution >= 0.6 is 22.9 Å². The molecule has 1 aliphatic heterocycles. The van der Waals surface area contributed by atoms with Crippen molar-refractivity contribution in [3.8, 4) is 0 Å². The number of anilines is 1. The van der Waals surface area contributed by atoms with Crippen LogP contribution in [-0.2, 0) is 11.3 Å². The second kappa shape index (κ2) is 8.00. The molecule has 1 fully saturated rings. The lowest BCUT2D eigenvalue weighted by molar-refractivity contribution is 0.120. The molecule has 1 aromatic carbocycles. The molecular weight excluding hydrogens is 388 g/mol. The number of halogens is 1. The van der Waals surface area contributed by atoms with Crippen LogP contribution in [0.25, 0.3) is 10.3 Å². The molecule has 1 unspecified atom stereocenters. The number of nitrogens with one attached hydrogen (secondary N) is 1. The fourth-order valence-electron chi connectivity index (χ4n) is 3.00. The summed E-state index contributed by atoms with van der Waals surface area (Å²) in [5, 5.41) is 16.1. The van der Waals surface area contributed by atoms with Crippen LogP contribution in [-0.4, -0.2) is 31.4 Å². The molecule has 2 aromatic heterocycles. The zero-order valence-corrected chi connectivity index (χ0v) is 16.1. The van der Waals surface area contributed by atoms with Crippen molar-refractivity contribution in [2.45, 2.75) is 12.8 Å². The summed E-state index contributed by atoms with van der Waals surface area (Å²) in [4.78, 5) is 14.5. The number of aliphatic hydroxyl groups excluding tert-OH is 1. The second-order valence-corrected chi connectivity index (χ2v) is 7.62. The SMILES string of the molecule is O=c1cc(N2CCOCC2)oc2c(C(O)NCc3ccc(Cl)cc3)csc12. The molecule has 4 rings (SSSR count). The molecular formula is C19H19ClN2O4S. The number of fused-ring (bicyclic) bond motifs is 1. The van der Waals surface area contributed by atoms with E-state index in [0.717, 1.165) is 5.56 Å². The number of nitrogens with zero attached hydrogens (tertiary/aromatic N) is 1. The summed E-state index contributed by atoms with van der Waals surface area (Å²) in [6.45, 7) is 3.01. The number of hydrogen-bond acceptors (Lipinski definition) is 7. The number of benzene rings is 1. The third-order valence-electron chi connectivity index (χ3n) is 4.49. The van der Waals surface area contributed by atoms with Crippen LogP contribution in [0.3, 0.4) is 0 Å². The van der Waals surface area contributed by atoms with E-state index in [2.05, 4.69) is 5.32 Å². The van der Waals surface area contributed by atoms with Gasteiger partial charge in [0, 0.05) is 41.7 Å². The standard InChI is InChI=1S/C19H19ClN2O4S/c20-13-3-1-12(2-4-13)10-21-19(24)14-11-27-18-15(23)9-16(26-17(14)18)22-5-7-25-8-6-22/h1-4,9,11,19,21,24H,5-8,10H2. The first-order valence-corrected chi connectivity index (χ1v) is 9.91. The van der Waals surface area contributed by atoms with Crippen LogP contribution in [0.2, 0.25) is 5.02 Å². The maximum atomic E-state index is 12.5. The van der Waals surface area contributed by atoms with E-state index >= 15 is 0 Å². The van der Waals surface area contributed by atoms with Crippen molar-refractivity contribution in [1.82, 2.24) is 5.32 Å². The third kappa shape index (κ3) is 4.02. The Bertz CT molecular complexity index is 980. The van der Waals surface area contributed by atoms with Crippen LogP contribution < -0.4 is 15.6 Å². The first-order chi connectivity index (χ1) is 13.1. The largest absolute Gasteiger partial charge is 0.439 e. The molecule has 0 aliphatic carbocycles. The van der Waals surface area contributed by atoms with Gasteiger partial charge in [-0.1, -0.05) is 23.7 Å². The van der Waals surface area contributed by atoms with Crippen LogP contribution in [0.4, 0.5) is 5.88 Å². The van der Waals surface area contributed by atoms with Gasteiger partial charge in [-0.2, -0.15) is 0 Å². The third-order valence-corrected chi connectivity index (χ3v) is 5.73. The van der Waals surface area contributed by atoms with Crippen molar-refractivity contribution in [2.24, 2.45) is 0 Å². The zero-order chi connectivity index (χ0) is 18.8. The smallest absolute Gasteiger partial charge is 0.204 e. The van der Waals surface area contributed by atoms with Gasteiger partial charge in [-0.3, -0.25) is 10.1 Å². The van der Waals surface area contributed by atoms with Crippen LogP contribution in [0.5, 0.6) is 0 Å². The summed E-state index contributed by atoms with van der Waals surface area (Å²) in [6, 6.07) is 8.91. The molecule has 3 aromatic rings. The molecule has 1 aliphatic rings. The topological polar surface area (TPSA) is 74.9 Å². The molecule has 2 N–H and O–H groups in total. The summed E-state index contributed by atoms with van der Waals surface area (Å²) in [5.41, 5.74) is 1.90. The van der Waals surface area contributed by atoms with E-state index in [-0.39, 0.29) is 5.43 Å². The van der Waals surface area contributed by atoms with Gasteiger partial charge < -0.3 is 19.2 Å². The molecule has 0 saturated carbocycles. The fraction of sp³-hybridized carbons (Fsp3) is 0.316. The highest BCUT2D eigenvalue weighted by atomic mass is 35.5. The Morgan fingerprint density at radius 2 is 2.00 bits per heavy atom. The van der Waals surface area contributed by atoms with E-state index in [1.807, 2.05) is 17.0 Å². The molecule has 3 heterocycles. The first kappa shape index (κ1) is 18.5. The number of ether oxygens (including phenoxy) is 1. The van der Waals surface area contributed by atoms with Gasteiger partial charge in [0.25, 0.3) is 0 Å². The molecule has 0 bridgehead atoms. The quantitative estimate of drug-likeness (QED) is 0.634. The Labute approximate surface area is 164 Å². The number of morpholine rings is 1. The maximum absolute atomic E-state index is 12.5. The molecule has 142 valence electrons. The lowest BCUT2D eigenvalue weighted by Crippen LogP contribution is -2.36. The Morgan fingerprint density at radius 3 is 2.74 bits per heavy atom. The lowest BCUT2D eigenvalue weighted by Gasteiger charge is -2.27. The Morgan fingerprint density at radius 1 is 1.26 bits per heavy atom. The van der Waals surface area contributed by atoms with Gasteiger partial charge in [0.2, 0.25) is 5.43 Å². The Hall–Kier alpha value is -1.90. The highest BCUT2D eigenvalue weighted by molar-refractivity contribution is 7.17. The average molecular weight is 407 g/mol. The minimum Gasteiger partial charge on any atom is -0.439 e. The second-order valence-electron chi connectivity index (χ2n) is 6.31. The van der Waals surface area contributed by atoms with Gasteiger partial charge in [0.1, 0.15) is 10.9 Å². The van der Waals surface area contributed by atoms with Crippen LogP contribution in [0, 0.1) is 0 Å². The summed E-state index contributed by atoms with van der Waals surface area (Å²) >= 11 is 7.17. The van der Waals surface area contributed by atoms with E-state index in [1.165, 1.54) is 17.4 Å². The number of hydrogen-bond donors (Lipinski definition) is 2. The van der Waals surface area contributed by atoms with E-state index in [4.69, 9.17) is 20.8 Å². The summed E-state index contributed by atoms with van der Waals surface area (Å²) in [5.74, 6) is 0.514. The van der Waals surface area contributed by atoms with Crippen LogP contribution in [0.15, 0.2) is 44.9 Å². The molecule has 1 atom stereocenters. The summed E-state index contributed by atoms with van der Waals surface area (Å²) < 4.78 is 11.9. The van der Waals surface area contributed by atoms with Crippen LogP contribution in [0.1, 0.15) is 17.4 Å². The number of thiophene rings is 1. The van der Waals surface area contributed by atoms with Gasteiger partial charge in [-0.25, -0.2) is 0 Å². The van der Waals surface area contributed by atoms with E-state index in [0.29, 0.717) is 59.6 Å². The summed E-state index contributed by atoms with van der Waals surface area (Å²) in [6.07, 6.45) is -0.947. The average Bonchev–Trinajstić information content (AvgIpc) is 3.13. The highest BCUT2D eigenvalue weighted by Crippen LogP contribution is 2.30.